The van der Waals surface area contributed by atoms with Crippen molar-refractivity contribution in [1.82, 2.24) is 9.21 Å². The number of carbonyl (C=O) groups is 1. The van der Waals surface area contributed by atoms with Gasteiger partial charge >= 0.3 is 0 Å². The van der Waals surface area contributed by atoms with Crippen LogP contribution in [0.25, 0.3) is 0 Å². The van der Waals surface area contributed by atoms with Gasteiger partial charge in [-0.15, -0.1) is 0 Å². The lowest BCUT2D eigenvalue weighted by molar-refractivity contribution is 0.0390. The highest BCUT2D eigenvalue weighted by atomic mass is 32.2. The number of amides is 1. The topological polar surface area (TPSA) is 57.7 Å². The maximum Gasteiger partial charge on any atom is 0.254 e. The molecular weight excluding hydrogens is 348 g/mol. The van der Waals surface area contributed by atoms with E-state index in [2.05, 4.69) is 4.90 Å². The summed E-state index contributed by atoms with van der Waals surface area (Å²) in [6, 6.07) is 6.96. The first-order valence-electron chi connectivity index (χ1n) is 9.98. The largest absolute Gasteiger partial charge is 0.335 e. The summed E-state index contributed by atoms with van der Waals surface area (Å²) in [6.07, 6.45) is 9.00. The van der Waals surface area contributed by atoms with E-state index < -0.39 is 10.0 Å². The molecule has 2 saturated heterocycles. The maximum atomic E-state index is 13.0. The molecule has 1 aliphatic carbocycles. The van der Waals surface area contributed by atoms with Gasteiger partial charge in [-0.2, -0.15) is 4.31 Å². The van der Waals surface area contributed by atoms with Crippen molar-refractivity contribution >= 4 is 15.9 Å². The Hall–Kier alpha value is -1.40. The Morgan fingerprint density at radius 3 is 2.23 bits per heavy atom. The third-order valence-corrected chi connectivity index (χ3v) is 8.22. The van der Waals surface area contributed by atoms with Gasteiger partial charge in [0.05, 0.1) is 4.90 Å². The first-order valence-corrected chi connectivity index (χ1v) is 11.4. The van der Waals surface area contributed by atoms with Crippen LogP contribution < -0.4 is 0 Å². The number of carbonyl (C=O) groups excluding carboxylic acids is 1. The fourth-order valence-corrected chi connectivity index (χ4v) is 6.41. The molecule has 1 aromatic carbocycles. The van der Waals surface area contributed by atoms with Crippen LogP contribution in [0, 0.1) is 5.92 Å². The molecular formula is C20H28N2O3S. The van der Waals surface area contributed by atoms with Crippen LogP contribution in [-0.2, 0) is 10.0 Å². The van der Waals surface area contributed by atoms with Crippen LogP contribution in [0.5, 0.6) is 0 Å². The van der Waals surface area contributed by atoms with Crippen molar-refractivity contribution in [2.75, 3.05) is 19.6 Å². The predicted molar refractivity (Wildman–Crippen MR) is 100 cm³/mol. The van der Waals surface area contributed by atoms with E-state index in [-0.39, 0.29) is 5.91 Å². The van der Waals surface area contributed by atoms with E-state index in [1.54, 1.807) is 28.6 Å². The van der Waals surface area contributed by atoms with Crippen LogP contribution in [0.15, 0.2) is 29.2 Å². The van der Waals surface area contributed by atoms with Crippen molar-refractivity contribution in [1.29, 1.82) is 0 Å². The van der Waals surface area contributed by atoms with Gasteiger partial charge in [0.15, 0.2) is 0 Å². The van der Waals surface area contributed by atoms with Gasteiger partial charge in [0.1, 0.15) is 0 Å². The van der Waals surface area contributed by atoms with Gasteiger partial charge in [0.2, 0.25) is 10.0 Å². The summed E-state index contributed by atoms with van der Waals surface area (Å²) in [5.41, 5.74) is 0.608. The van der Waals surface area contributed by atoms with E-state index in [4.69, 9.17) is 0 Å². The van der Waals surface area contributed by atoms with E-state index in [1.165, 1.54) is 25.7 Å². The third-order valence-electron chi connectivity index (χ3n) is 6.31. The number of sulfonamides is 1. The molecule has 0 radical (unpaired) electrons. The number of rotatable bonds is 3. The average molecular weight is 377 g/mol. The maximum absolute atomic E-state index is 13.0. The van der Waals surface area contributed by atoms with Crippen LogP contribution in [0.2, 0.25) is 0 Å². The molecule has 1 saturated carbocycles. The molecule has 6 heteroatoms. The molecule has 0 bridgehead atoms. The fourth-order valence-electron chi connectivity index (χ4n) is 4.89. The van der Waals surface area contributed by atoms with Gasteiger partial charge < -0.3 is 4.90 Å². The minimum atomic E-state index is -3.42. The second-order valence-electron chi connectivity index (χ2n) is 7.89. The number of nitrogens with zero attached hydrogens (tertiary/aromatic N) is 2. The summed E-state index contributed by atoms with van der Waals surface area (Å²) in [6.45, 7) is 2.02. The van der Waals surface area contributed by atoms with E-state index >= 15 is 0 Å². The monoisotopic (exact) mass is 376 g/mol. The van der Waals surface area contributed by atoms with Crippen molar-refractivity contribution in [2.45, 2.75) is 62.3 Å². The number of fused-ring (bicyclic) bond motifs is 1. The molecule has 4 rings (SSSR count). The Bertz CT molecular complexity index is 752. The molecule has 0 aromatic heterocycles. The van der Waals surface area contributed by atoms with Crippen molar-refractivity contribution in [2.24, 2.45) is 5.92 Å². The molecule has 0 N–H and O–H groups in total. The van der Waals surface area contributed by atoms with Crippen LogP contribution in [0.3, 0.4) is 0 Å². The lowest BCUT2D eigenvalue weighted by Gasteiger charge is -2.44. The highest BCUT2D eigenvalue weighted by molar-refractivity contribution is 7.89. The smallest absolute Gasteiger partial charge is 0.254 e. The molecule has 142 valence electrons. The number of piperidine rings is 1. The zero-order valence-corrected chi connectivity index (χ0v) is 16.1. The molecule has 1 aromatic rings. The summed E-state index contributed by atoms with van der Waals surface area (Å²) in [4.78, 5) is 15.4. The molecule has 3 fully saturated rings. The van der Waals surface area contributed by atoms with E-state index in [9.17, 15) is 13.2 Å². The Kier molecular flexibility index (Phi) is 5.06. The summed E-state index contributed by atoms with van der Waals surface area (Å²) in [5.74, 6) is 0.711. The van der Waals surface area contributed by atoms with Crippen LogP contribution in [0.4, 0.5) is 0 Å². The first-order chi connectivity index (χ1) is 12.6. The van der Waals surface area contributed by atoms with Crippen molar-refractivity contribution in [3.05, 3.63) is 29.8 Å². The molecule has 3 aliphatic rings. The molecule has 26 heavy (non-hydrogen) atoms. The van der Waals surface area contributed by atoms with Crippen LogP contribution in [0.1, 0.15) is 61.7 Å². The Morgan fingerprint density at radius 1 is 0.846 bits per heavy atom. The van der Waals surface area contributed by atoms with E-state index in [0.29, 0.717) is 35.5 Å². The predicted octanol–water partition coefficient (Wildman–Crippen LogP) is 3.27. The number of benzene rings is 1. The molecule has 2 aliphatic heterocycles. The van der Waals surface area contributed by atoms with Crippen LogP contribution in [-0.4, -0.2) is 49.2 Å². The van der Waals surface area contributed by atoms with Gasteiger partial charge in [-0.1, -0.05) is 12.8 Å². The van der Waals surface area contributed by atoms with Gasteiger partial charge in [-0.3, -0.25) is 4.79 Å². The van der Waals surface area contributed by atoms with Crippen molar-refractivity contribution in [3.63, 3.8) is 0 Å². The fraction of sp³-hybridized carbons (Fsp3) is 0.650. The lowest BCUT2D eigenvalue weighted by atomic mass is 9.78. The zero-order chi connectivity index (χ0) is 18.1. The molecule has 2 heterocycles. The van der Waals surface area contributed by atoms with Crippen molar-refractivity contribution < 1.29 is 13.2 Å². The normalized spacial score (nSPS) is 27.3. The summed E-state index contributed by atoms with van der Waals surface area (Å²) in [7, 11) is -3.42. The van der Waals surface area contributed by atoms with E-state index in [0.717, 1.165) is 32.2 Å². The second kappa shape index (κ2) is 7.31. The quantitative estimate of drug-likeness (QED) is 0.813. The molecule has 0 spiro atoms. The number of hydrogen-bond acceptors (Lipinski definition) is 3. The number of likely N-dealkylation sites (tertiary alicyclic amines) is 1. The minimum Gasteiger partial charge on any atom is -0.335 e. The van der Waals surface area contributed by atoms with Crippen LogP contribution >= 0.6 is 0 Å². The first kappa shape index (κ1) is 18.0. The average Bonchev–Trinajstić information content (AvgIpc) is 3.23. The highest BCUT2D eigenvalue weighted by Gasteiger charge is 2.36. The van der Waals surface area contributed by atoms with Gasteiger partial charge in [-0.05, 0) is 68.7 Å². The summed E-state index contributed by atoms with van der Waals surface area (Å²) in [5, 5.41) is 0. The zero-order valence-electron chi connectivity index (χ0n) is 15.3. The van der Waals surface area contributed by atoms with E-state index in [1.807, 2.05) is 0 Å². The van der Waals surface area contributed by atoms with Crippen molar-refractivity contribution in [3.8, 4) is 0 Å². The Balaban J connectivity index is 1.52. The van der Waals surface area contributed by atoms with Gasteiger partial charge in [0, 0.05) is 31.2 Å². The Labute approximate surface area is 156 Å². The molecule has 1 amide bonds. The molecule has 2 atom stereocenters. The second-order valence-corrected chi connectivity index (χ2v) is 9.83. The Morgan fingerprint density at radius 2 is 1.50 bits per heavy atom. The standard InChI is InChI=1S/C20H28N2O3S/c23-20(22-15-5-7-16-6-1-2-8-19(16)22)17-9-11-18(12-10-17)26(24,25)21-13-3-4-14-21/h9-12,16,19H,1-8,13-15H2/t16-,19+/m0/s1. The molecule has 5 nitrogen and oxygen atoms in total. The SMILES string of the molecule is O=C(c1ccc(S(=O)(=O)N2CCCC2)cc1)N1CCC[C@@H]2CCCC[C@H]21. The number of hydrogen-bond donors (Lipinski definition) is 0. The lowest BCUT2D eigenvalue weighted by Crippen LogP contribution is -2.49. The third kappa shape index (κ3) is 3.29. The molecule has 0 unspecified atom stereocenters. The summed E-state index contributed by atoms with van der Waals surface area (Å²) < 4.78 is 26.8. The summed E-state index contributed by atoms with van der Waals surface area (Å²) >= 11 is 0. The highest BCUT2D eigenvalue weighted by Crippen LogP contribution is 2.36. The van der Waals surface area contributed by atoms with Gasteiger partial charge in [0.25, 0.3) is 5.91 Å². The van der Waals surface area contributed by atoms with Gasteiger partial charge in [-0.25, -0.2) is 8.42 Å². The minimum absolute atomic E-state index is 0.0618.